The molecule has 32 heavy (non-hydrogen) atoms. The molecule has 0 N–H and O–H groups in total. The molecule has 0 unspecified atom stereocenters. The summed E-state index contributed by atoms with van der Waals surface area (Å²) in [6, 6.07) is 15.8. The summed E-state index contributed by atoms with van der Waals surface area (Å²) < 4.78 is 9.94. The first-order valence-corrected chi connectivity index (χ1v) is 13.2. The lowest BCUT2D eigenvalue weighted by Gasteiger charge is -2.20. The van der Waals surface area contributed by atoms with Gasteiger partial charge in [0.1, 0.15) is 10.3 Å². The third kappa shape index (κ3) is 3.94. The Morgan fingerprint density at radius 1 is 1.00 bits per heavy atom. The quantitative estimate of drug-likeness (QED) is 0.423. The van der Waals surface area contributed by atoms with Crippen LogP contribution in [-0.4, -0.2) is 11.7 Å². The van der Waals surface area contributed by atoms with E-state index in [4.69, 9.17) is 9.73 Å². The highest BCUT2D eigenvalue weighted by Crippen LogP contribution is 2.48. The Morgan fingerprint density at radius 2 is 1.66 bits per heavy atom. The van der Waals surface area contributed by atoms with E-state index in [1.807, 2.05) is 41.0 Å². The van der Waals surface area contributed by atoms with Crippen LogP contribution in [0.15, 0.2) is 78.7 Å². The zero-order chi connectivity index (χ0) is 22.4. The number of methoxy groups -OCH3 is 1. The lowest BCUT2D eigenvalue weighted by atomic mass is 10.0. The molecule has 2 aliphatic rings. The van der Waals surface area contributed by atoms with E-state index in [9.17, 15) is 4.79 Å². The molecule has 0 saturated carbocycles. The molecular weight excluding hydrogens is 524 g/mol. The zero-order valence-corrected chi connectivity index (χ0v) is 21.6. The maximum absolute atomic E-state index is 13.6. The second-order valence-electron chi connectivity index (χ2n) is 7.38. The lowest BCUT2D eigenvalue weighted by molar-refractivity contribution is 0.415. The van der Waals surface area contributed by atoms with Crippen molar-refractivity contribution in [2.24, 2.45) is 4.99 Å². The minimum Gasteiger partial charge on any atom is -0.497 e. The van der Waals surface area contributed by atoms with E-state index >= 15 is 0 Å². The molecule has 5 rings (SSSR count). The zero-order valence-electron chi connectivity index (χ0n) is 17.6. The fourth-order valence-corrected chi connectivity index (χ4v) is 7.58. The van der Waals surface area contributed by atoms with Crippen LogP contribution in [0.5, 0.6) is 5.75 Å². The monoisotopic (exact) mass is 542 g/mol. The smallest absolute Gasteiger partial charge is 0.272 e. The van der Waals surface area contributed by atoms with Crippen molar-refractivity contribution in [2.45, 2.75) is 19.9 Å². The number of thiazole rings is 1. The van der Waals surface area contributed by atoms with Gasteiger partial charge in [-0.25, -0.2) is 4.99 Å². The first kappa shape index (κ1) is 21.8. The van der Waals surface area contributed by atoms with Crippen molar-refractivity contribution in [2.75, 3.05) is 7.11 Å². The van der Waals surface area contributed by atoms with Crippen molar-refractivity contribution in [3.05, 3.63) is 99.7 Å². The van der Waals surface area contributed by atoms with Crippen molar-refractivity contribution in [1.29, 1.82) is 0 Å². The topological polar surface area (TPSA) is 43.6 Å². The van der Waals surface area contributed by atoms with Gasteiger partial charge in [0.2, 0.25) is 0 Å². The van der Waals surface area contributed by atoms with Gasteiger partial charge in [0.15, 0.2) is 4.80 Å². The first-order valence-electron chi connectivity index (χ1n) is 9.94. The van der Waals surface area contributed by atoms with Gasteiger partial charge in [-0.1, -0.05) is 62.9 Å². The predicted molar refractivity (Wildman–Crippen MR) is 140 cm³/mol. The Labute approximate surface area is 206 Å². The van der Waals surface area contributed by atoms with E-state index < -0.39 is 0 Å². The second kappa shape index (κ2) is 8.74. The largest absolute Gasteiger partial charge is 0.497 e. The Balaban J connectivity index is 1.71. The first-order chi connectivity index (χ1) is 15.4. The van der Waals surface area contributed by atoms with Gasteiger partial charge in [-0.15, -0.1) is 0 Å². The number of hydrogen-bond donors (Lipinski definition) is 0. The molecule has 4 nitrogen and oxygen atoms in total. The molecule has 0 saturated heterocycles. The van der Waals surface area contributed by atoms with Crippen LogP contribution in [0.1, 0.15) is 31.0 Å². The van der Waals surface area contributed by atoms with E-state index in [-0.39, 0.29) is 11.6 Å². The Bertz CT molecular complexity index is 1430. The molecule has 162 valence electrons. The molecule has 0 aliphatic carbocycles. The number of hydrogen-bond acceptors (Lipinski definition) is 6. The van der Waals surface area contributed by atoms with Gasteiger partial charge in [-0.3, -0.25) is 9.36 Å². The Morgan fingerprint density at radius 3 is 2.28 bits per heavy atom. The van der Waals surface area contributed by atoms with Gasteiger partial charge in [-0.2, -0.15) is 0 Å². The molecule has 0 radical (unpaired) electrons. The fraction of sp³-hybridized carbons (Fsp3) is 0.167. The molecular formula is C24H19BrN2O2S3. The van der Waals surface area contributed by atoms with Crippen LogP contribution < -0.4 is 19.6 Å². The van der Waals surface area contributed by atoms with Gasteiger partial charge >= 0.3 is 0 Å². The van der Waals surface area contributed by atoms with Crippen LogP contribution in [-0.2, 0) is 0 Å². The summed E-state index contributed by atoms with van der Waals surface area (Å²) in [5.74, 6) is 0.801. The van der Waals surface area contributed by atoms with E-state index in [0.29, 0.717) is 0 Å². The van der Waals surface area contributed by atoms with Crippen molar-refractivity contribution in [1.82, 2.24) is 4.57 Å². The van der Waals surface area contributed by atoms with Gasteiger partial charge < -0.3 is 4.74 Å². The predicted octanol–water partition coefficient (Wildman–Crippen LogP) is 5.74. The van der Waals surface area contributed by atoms with Gasteiger partial charge in [0.25, 0.3) is 5.56 Å². The van der Waals surface area contributed by atoms with Crippen molar-refractivity contribution in [3.8, 4) is 5.75 Å². The molecule has 1 aromatic heterocycles. The van der Waals surface area contributed by atoms with Crippen molar-refractivity contribution < 1.29 is 4.74 Å². The summed E-state index contributed by atoms with van der Waals surface area (Å²) in [4.78, 5) is 21.7. The number of halogens is 1. The standard InChI is InChI=1S/C24H19BrN2O2S3/c1-13-14(2)31-23(30-13)21-22(28)27-20(16-4-8-17(25)9-5-16)12-19(26-24(27)32-21)15-6-10-18(29-3)11-7-15/h4-12,20H,1-3H3/t20-/m0/s1. The third-order valence-electron chi connectivity index (χ3n) is 5.39. The number of fused-ring (bicyclic) bond motifs is 1. The van der Waals surface area contributed by atoms with Gasteiger partial charge in [0.05, 0.1) is 23.1 Å². The summed E-state index contributed by atoms with van der Waals surface area (Å²) in [5, 5.41) is 0. The minimum absolute atomic E-state index is 0.0178. The molecule has 8 heteroatoms. The molecule has 3 aromatic rings. The lowest BCUT2D eigenvalue weighted by Crippen LogP contribution is -2.36. The molecule has 0 amide bonds. The molecule has 0 spiro atoms. The Hall–Kier alpha value is -2.00. The third-order valence-corrected chi connectivity index (χ3v) is 9.87. The van der Waals surface area contributed by atoms with Crippen molar-refractivity contribution >= 4 is 60.7 Å². The van der Waals surface area contributed by atoms with E-state index in [1.54, 1.807) is 30.6 Å². The summed E-state index contributed by atoms with van der Waals surface area (Å²) in [6.45, 7) is 4.20. The number of nitrogens with zero attached hydrogens (tertiary/aromatic N) is 2. The average molecular weight is 544 g/mol. The summed E-state index contributed by atoms with van der Waals surface area (Å²) in [6.07, 6.45) is 2.07. The van der Waals surface area contributed by atoms with Crippen molar-refractivity contribution in [3.63, 3.8) is 0 Å². The van der Waals surface area contributed by atoms with E-state index in [2.05, 4.69) is 48.0 Å². The molecule has 0 bridgehead atoms. The summed E-state index contributed by atoms with van der Waals surface area (Å²) >= 11 is 8.35. The number of aromatic nitrogens is 1. The number of ether oxygens (including phenoxy) is 1. The summed E-state index contributed by atoms with van der Waals surface area (Å²) in [5.41, 5.74) is 2.91. The molecule has 2 aromatic carbocycles. The highest BCUT2D eigenvalue weighted by molar-refractivity contribution is 9.10. The van der Waals surface area contributed by atoms with Crippen LogP contribution in [0.4, 0.5) is 0 Å². The number of thioether (sulfide) groups is 2. The van der Waals surface area contributed by atoms with E-state index in [1.165, 1.54) is 21.1 Å². The van der Waals surface area contributed by atoms with Crippen LogP contribution >= 0.6 is 50.8 Å². The van der Waals surface area contributed by atoms with Crippen LogP contribution in [0, 0.1) is 0 Å². The number of benzene rings is 2. The number of rotatable bonds is 3. The molecule has 2 aliphatic heterocycles. The fourth-order valence-electron chi connectivity index (χ4n) is 3.56. The van der Waals surface area contributed by atoms with Crippen LogP contribution in [0.2, 0.25) is 0 Å². The van der Waals surface area contributed by atoms with E-state index in [0.717, 1.165) is 40.6 Å². The van der Waals surface area contributed by atoms with Crippen LogP contribution in [0.3, 0.4) is 0 Å². The normalized spacial score (nSPS) is 17.8. The van der Waals surface area contributed by atoms with Gasteiger partial charge in [0, 0.05) is 10.0 Å². The van der Waals surface area contributed by atoms with Gasteiger partial charge in [-0.05, 0) is 71.7 Å². The highest BCUT2D eigenvalue weighted by Gasteiger charge is 2.25. The second-order valence-corrected chi connectivity index (χ2v) is 12.0. The molecule has 0 fully saturated rings. The molecule has 1 atom stereocenters. The number of allylic oxidation sites excluding steroid dienone is 3. The maximum atomic E-state index is 13.6. The van der Waals surface area contributed by atoms with Crippen LogP contribution in [0.25, 0.3) is 9.93 Å². The SMILES string of the molecule is COc1ccc(C2=C[C@@H](c3ccc(Br)cc3)n3c(sc(=C4SC(C)=C(C)S4)c3=O)=N2)cc1. The highest BCUT2D eigenvalue weighted by atomic mass is 79.9. The molecule has 3 heterocycles. The minimum atomic E-state index is -0.225. The Kier molecular flexibility index (Phi) is 5.96. The maximum Gasteiger partial charge on any atom is 0.272 e. The average Bonchev–Trinajstić information content (AvgIpc) is 3.32. The summed E-state index contributed by atoms with van der Waals surface area (Å²) in [7, 11) is 1.66.